The summed E-state index contributed by atoms with van der Waals surface area (Å²) < 4.78 is 12.4. The third-order valence-corrected chi connectivity index (χ3v) is 5.98. The van der Waals surface area contributed by atoms with Crippen LogP contribution in [0.15, 0.2) is 41.2 Å². The third-order valence-electron chi connectivity index (χ3n) is 5.98. The minimum atomic E-state index is -0.180. The summed E-state index contributed by atoms with van der Waals surface area (Å²) in [5.41, 5.74) is 2.13. The Morgan fingerprint density at radius 1 is 1.03 bits per heavy atom. The van der Waals surface area contributed by atoms with E-state index in [0.29, 0.717) is 40.9 Å². The molecule has 0 spiro atoms. The van der Waals surface area contributed by atoms with E-state index < -0.39 is 0 Å². The number of carbonyl (C=O) groups excluding carboxylic acids is 1. The van der Waals surface area contributed by atoms with E-state index in [2.05, 4.69) is 5.32 Å². The van der Waals surface area contributed by atoms with Gasteiger partial charge in [0.15, 0.2) is 11.5 Å². The van der Waals surface area contributed by atoms with Crippen molar-refractivity contribution >= 4 is 16.8 Å². The standard InChI is InChI=1S/C25H29N3O4/c1-31-21-11-8-17(15-22(21)32-2)12-13-26-24(29)18-9-10-19-20(16-18)27-23-7-5-3-4-6-14-28(23)25(19)30/h8-11,15-16H,3-7,12-14H2,1-2H3,(H,26,29). The second-order valence-electron chi connectivity index (χ2n) is 8.08. The zero-order valence-electron chi connectivity index (χ0n) is 18.6. The molecule has 1 aromatic heterocycles. The number of aryl methyl sites for hydroxylation is 1. The Morgan fingerprint density at radius 3 is 2.66 bits per heavy atom. The minimum absolute atomic E-state index is 0.00712. The Hall–Kier alpha value is -3.35. The normalized spacial score (nSPS) is 13.7. The number of rotatable bonds is 6. The van der Waals surface area contributed by atoms with Crippen LogP contribution in [0.2, 0.25) is 0 Å². The molecule has 0 saturated heterocycles. The fourth-order valence-electron chi connectivity index (χ4n) is 4.19. The number of carbonyl (C=O) groups is 1. The molecule has 3 aromatic rings. The molecule has 1 amide bonds. The zero-order valence-corrected chi connectivity index (χ0v) is 18.6. The van der Waals surface area contributed by atoms with Crippen molar-refractivity contribution in [2.24, 2.45) is 0 Å². The summed E-state index contributed by atoms with van der Waals surface area (Å²) in [6.07, 6.45) is 5.80. The number of nitrogens with one attached hydrogen (secondary N) is 1. The Balaban J connectivity index is 1.48. The molecular weight excluding hydrogens is 406 g/mol. The van der Waals surface area contributed by atoms with E-state index in [1.165, 1.54) is 0 Å². The van der Waals surface area contributed by atoms with E-state index in [4.69, 9.17) is 14.5 Å². The fourth-order valence-corrected chi connectivity index (χ4v) is 4.19. The molecule has 1 aliphatic rings. The molecular formula is C25H29N3O4. The van der Waals surface area contributed by atoms with Crippen molar-refractivity contribution in [3.05, 3.63) is 63.7 Å². The maximum atomic E-state index is 12.9. The van der Waals surface area contributed by atoms with Gasteiger partial charge in [0.25, 0.3) is 11.5 Å². The highest BCUT2D eigenvalue weighted by molar-refractivity contribution is 5.97. The van der Waals surface area contributed by atoms with Crippen molar-refractivity contribution in [2.75, 3.05) is 20.8 Å². The number of benzene rings is 2. The second-order valence-corrected chi connectivity index (χ2v) is 8.08. The molecule has 7 heteroatoms. The highest BCUT2D eigenvalue weighted by Crippen LogP contribution is 2.27. The first-order valence-electron chi connectivity index (χ1n) is 11.1. The molecule has 0 aliphatic carbocycles. The minimum Gasteiger partial charge on any atom is -0.493 e. The number of fused-ring (bicyclic) bond motifs is 2. The molecule has 32 heavy (non-hydrogen) atoms. The van der Waals surface area contributed by atoms with Crippen LogP contribution in [0, 0.1) is 0 Å². The number of aromatic nitrogens is 2. The van der Waals surface area contributed by atoms with Gasteiger partial charge in [0.05, 0.1) is 25.1 Å². The molecule has 1 aliphatic heterocycles. The van der Waals surface area contributed by atoms with Gasteiger partial charge in [0, 0.05) is 25.1 Å². The maximum absolute atomic E-state index is 12.9. The summed E-state index contributed by atoms with van der Waals surface area (Å²) >= 11 is 0. The van der Waals surface area contributed by atoms with E-state index in [1.807, 2.05) is 22.8 Å². The summed E-state index contributed by atoms with van der Waals surface area (Å²) in [4.78, 5) is 30.4. The Kier molecular flexibility index (Phi) is 6.73. The van der Waals surface area contributed by atoms with Crippen molar-refractivity contribution in [3.63, 3.8) is 0 Å². The SMILES string of the molecule is COc1ccc(CCNC(=O)c2ccc3c(=O)n4c(nc3c2)CCCCCC4)cc1OC. The van der Waals surface area contributed by atoms with Gasteiger partial charge in [-0.25, -0.2) is 4.98 Å². The van der Waals surface area contributed by atoms with Crippen molar-refractivity contribution in [3.8, 4) is 11.5 Å². The van der Waals surface area contributed by atoms with Gasteiger partial charge in [0.1, 0.15) is 5.82 Å². The highest BCUT2D eigenvalue weighted by atomic mass is 16.5. The van der Waals surface area contributed by atoms with Crippen molar-refractivity contribution in [1.29, 1.82) is 0 Å². The average molecular weight is 436 g/mol. The first-order chi connectivity index (χ1) is 15.6. The number of hydrogen-bond donors (Lipinski definition) is 1. The van der Waals surface area contributed by atoms with E-state index in [0.717, 1.165) is 50.0 Å². The van der Waals surface area contributed by atoms with E-state index in [9.17, 15) is 9.59 Å². The highest BCUT2D eigenvalue weighted by Gasteiger charge is 2.15. The van der Waals surface area contributed by atoms with Crippen LogP contribution in [-0.4, -0.2) is 36.2 Å². The summed E-state index contributed by atoms with van der Waals surface area (Å²) in [7, 11) is 3.20. The molecule has 7 nitrogen and oxygen atoms in total. The van der Waals surface area contributed by atoms with Gasteiger partial charge in [-0.15, -0.1) is 0 Å². The molecule has 0 saturated carbocycles. The van der Waals surface area contributed by atoms with Gasteiger partial charge in [0.2, 0.25) is 0 Å². The largest absolute Gasteiger partial charge is 0.493 e. The molecule has 0 atom stereocenters. The van der Waals surface area contributed by atoms with Crippen LogP contribution >= 0.6 is 0 Å². The van der Waals surface area contributed by atoms with Crippen LogP contribution in [0.3, 0.4) is 0 Å². The number of amides is 1. The molecule has 0 radical (unpaired) electrons. The predicted octanol–water partition coefficient (Wildman–Crippen LogP) is 3.50. The topological polar surface area (TPSA) is 82.5 Å². The van der Waals surface area contributed by atoms with Crippen LogP contribution < -0.4 is 20.3 Å². The van der Waals surface area contributed by atoms with Crippen molar-refractivity contribution in [2.45, 2.75) is 45.1 Å². The van der Waals surface area contributed by atoms with Crippen LogP contribution in [0.1, 0.15) is 47.4 Å². The summed E-state index contributed by atoms with van der Waals surface area (Å²) in [5, 5.41) is 3.52. The van der Waals surface area contributed by atoms with Gasteiger partial charge >= 0.3 is 0 Å². The Morgan fingerprint density at radius 2 is 1.84 bits per heavy atom. The lowest BCUT2D eigenvalue weighted by Crippen LogP contribution is -2.28. The molecule has 0 fully saturated rings. The van der Waals surface area contributed by atoms with Crippen molar-refractivity contribution < 1.29 is 14.3 Å². The first kappa shape index (κ1) is 21.9. The number of nitrogens with zero attached hydrogens (tertiary/aromatic N) is 2. The van der Waals surface area contributed by atoms with Crippen LogP contribution in [0.5, 0.6) is 11.5 Å². The van der Waals surface area contributed by atoms with Crippen LogP contribution in [-0.2, 0) is 19.4 Å². The summed E-state index contributed by atoms with van der Waals surface area (Å²) in [5.74, 6) is 1.99. The molecule has 2 heterocycles. The summed E-state index contributed by atoms with van der Waals surface area (Å²) in [6.45, 7) is 1.20. The monoisotopic (exact) mass is 435 g/mol. The van der Waals surface area contributed by atoms with Gasteiger partial charge in [-0.1, -0.05) is 18.9 Å². The van der Waals surface area contributed by atoms with Crippen LogP contribution in [0.25, 0.3) is 10.9 Å². The van der Waals surface area contributed by atoms with E-state index in [1.54, 1.807) is 32.4 Å². The lowest BCUT2D eigenvalue weighted by atomic mass is 10.1. The Bertz CT molecular complexity index is 1190. The molecule has 168 valence electrons. The quantitative estimate of drug-likeness (QED) is 0.641. The van der Waals surface area contributed by atoms with Crippen LogP contribution in [0.4, 0.5) is 0 Å². The smallest absolute Gasteiger partial charge is 0.261 e. The number of methoxy groups -OCH3 is 2. The average Bonchev–Trinajstić information content (AvgIpc) is 2.79. The number of ether oxygens (including phenoxy) is 2. The Labute approximate surface area is 187 Å². The van der Waals surface area contributed by atoms with Gasteiger partial charge in [-0.3, -0.25) is 14.2 Å². The van der Waals surface area contributed by atoms with Crippen molar-refractivity contribution in [1.82, 2.24) is 14.9 Å². The van der Waals surface area contributed by atoms with E-state index >= 15 is 0 Å². The number of hydrogen-bond acceptors (Lipinski definition) is 5. The molecule has 0 unspecified atom stereocenters. The van der Waals surface area contributed by atoms with Gasteiger partial charge < -0.3 is 14.8 Å². The zero-order chi connectivity index (χ0) is 22.5. The third kappa shape index (κ3) is 4.61. The molecule has 4 rings (SSSR count). The second kappa shape index (κ2) is 9.85. The predicted molar refractivity (Wildman–Crippen MR) is 124 cm³/mol. The summed E-state index contributed by atoms with van der Waals surface area (Å²) in [6, 6.07) is 10.9. The van der Waals surface area contributed by atoms with Gasteiger partial charge in [-0.2, -0.15) is 0 Å². The first-order valence-corrected chi connectivity index (χ1v) is 11.1. The van der Waals surface area contributed by atoms with Gasteiger partial charge in [-0.05, 0) is 55.2 Å². The lowest BCUT2D eigenvalue weighted by Gasteiger charge is -2.16. The molecule has 1 N–H and O–H groups in total. The van der Waals surface area contributed by atoms with E-state index in [-0.39, 0.29) is 11.5 Å². The fraction of sp³-hybridized carbons (Fsp3) is 0.400. The lowest BCUT2D eigenvalue weighted by molar-refractivity contribution is 0.0954. The molecule has 2 aromatic carbocycles. The maximum Gasteiger partial charge on any atom is 0.261 e. The molecule has 0 bridgehead atoms.